The van der Waals surface area contributed by atoms with E-state index < -0.39 is 0 Å². The van der Waals surface area contributed by atoms with E-state index in [1.807, 2.05) is 24.3 Å². The second-order valence-electron chi connectivity index (χ2n) is 3.88. The van der Waals surface area contributed by atoms with Crippen LogP contribution in [0.5, 0.6) is 5.75 Å². The van der Waals surface area contributed by atoms with E-state index in [4.69, 9.17) is 10.5 Å². The molecule has 18 heavy (non-hydrogen) atoms. The summed E-state index contributed by atoms with van der Waals surface area (Å²) in [4.78, 5) is 18.3. The molecule has 0 fully saturated rings. The Hall–Kier alpha value is -2.14. The molecular weight excluding hydrogens is 230 g/mol. The van der Waals surface area contributed by atoms with Crippen LogP contribution in [0.3, 0.4) is 0 Å². The number of nitrogens with one attached hydrogen (secondary N) is 1. The lowest BCUT2D eigenvalue weighted by Crippen LogP contribution is -2.10. The maximum Gasteiger partial charge on any atom is 0.251 e. The van der Waals surface area contributed by atoms with Crippen molar-refractivity contribution in [1.82, 2.24) is 9.97 Å². The zero-order valence-corrected chi connectivity index (χ0v) is 10.1. The van der Waals surface area contributed by atoms with Crippen LogP contribution in [0.1, 0.15) is 5.82 Å². The molecule has 1 aromatic heterocycles. The van der Waals surface area contributed by atoms with Crippen LogP contribution in [-0.4, -0.2) is 23.1 Å². The van der Waals surface area contributed by atoms with E-state index in [0.717, 1.165) is 11.3 Å². The van der Waals surface area contributed by atoms with Gasteiger partial charge in [-0.05, 0) is 19.1 Å². The Morgan fingerprint density at radius 3 is 2.94 bits per heavy atom. The first kappa shape index (κ1) is 12.3. The Morgan fingerprint density at radius 2 is 2.22 bits per heavy atom. The minimum atomic E-state index is -0.161. The number of rotatable bonds is 4. The minimum absolute atomic E-state index is 0.161. The van der Waals surface area contributed by atoms with E-state index in [1.165, 1.54) is 6.07 Å². The molecule has 0 unspecified atom stereocenters. The fourth-order valence-electron chi connectivity index (χ4n) is 1.65. The third-order valence-corrected chi connectivity index (χ3v) is 2.38. The van der Waals surface area contributed by atoms with Gasteiger partial charge in [-0.2, -0.15) is 0 Å². The summed E-state index contributed by atoms with van der Waals surface area (Å²) < 4.78 is 5.44. The van der Waals surface area contributed by atoms with Crippen LogP contribution in [0.4, 0.5) is 0 Å². The van der Waals surface area contributed by atoms with E-state index >= 15 is 0 Å². The molecule has 0 aliphatic carbocycles. The number of hydrogen-bond donors (Lipinski definition) is 2. The molecule has 5 nitrogen and oxygen atoms in total. The van der Waals surface area contributed by atoms with Gasteiger partial charge in [-0.25, -0.2) is 4.98 Å². The molecule has 0 radical (unpaired) electrons. The number of aromatic nitrogens is 2. The van der Waals surface area contributed by atoms with E-state index in [-0.39, 0.29) is 5.56 Å². The van der Waals surface area contributed by atoms with Crippen molar-refractivity contribution in [3.8, 4) is 17.0 Å². The van der Waals surface area contributed by atoms with Gasteiger partial charge in [0.05, 0.1) is 5.69 Å². The smallest absolute Gasteiger partial charge is 0.251 e. The van der Waals surface area contributed by atoms with Crippen molar-refractivity contribution in [2.75, 3.05) is 13.2 Å². The molecule has 2 aromatic rings. The first-order valence-electron chi connectivity index (χ1n) is 5.70. The van der Waals surface area contributed by atoms with Gasteiger partial charge in [-0.1, -0.05) is 12.1 Å². The second kappa shape index (κ2) is 5.46. The number of nitrogens with zero attached hydrogens (tertiary/aromatic N) is 1. The number of benzene rings is 1. The van der Waals surface area contributed by atoms with E-state index in [0.29, 0.717) is 24.7 Å². The average molecular weight is 245 g/mol. The molecule has 0 aliphatic rings. The number of aromatic amines is 1. The molecule has 94 valence electrons. The van der Waals surface area contributed by atoms with Gasteiger partial charge < -0.3 is 15.5 Å². The third kappa shape index (κ3) is 2.95. The molecule has 2 rings (SSSR count). The molecular formula is C13H15N3O2. The summed E-state index contributed by atoms with van der Waals surface area (Å²) in [7, 11) is 0. The topological polar surface area (TPSA) is 81.0 Å². The summed E-state index contributed by atoms with van der Waals surface area (Å²) in [6, 6.07) is 8.90. The Balaban J connectivity index is 2.35. The summed E-state index contributed by atoms with van der Waals surface area (Å²) >= 11 is 0. The maximum absolute atomic E-state index is 11.4. The van der Waals surface area contributed by atoms with E-state index in [1.54, 1.807) is 6.92 Å². The minimum Gasteiger partial charge on any atom is -0.492 e. The monoisotopic (exact) mass is 245 g/mol. The van der Waals surface area contributed by atoms with Gasteiger partial charge in [0.1, 0.15) is 18.2 Å². The highest BCUT2D eigenvalue weighted by Crippen LogP contribution is 2.21. The quantitative estimate of drug-likeness (QED) is 0.844. The number of hydrogen-bond acceptors (Lipinski definition) is 4. The van der Waals surface area contributed by atoms with Crippen molar-refractivity contribution in [3.05, 3.63) is 46.5 Å². The van der Waals surface area contributed by atoms with Crippen LogP contribution in [0, 0.1) is 6.92 Å². The summed E-state index contributed by atoms with van der Waals surface area (Å²) in [5, 5.41) is 0. The van der Waals surface area contributed by atoms with Crippen LogP contribution < -0.4 is 16.0 Å². The van der Waals surface area contributed by atoms with Gasteiger partial charge in [-0.3, -0.25) is 4.79 Å². The lowest BCUT2D eigenvalue weighted by atomic mass is 10.1. The summed E-state index contributed by atoms with van der Waals surface area (Å²) in [5.74, 6) is 1.31. The molecule has 0 aliphatic heterocycles. The van der Waals surface area contributed by atoms with Gasteiger partial charge >= 0.3 is 0 Å². The van der Waals surface area contributed by atoms with Gasteiger partial charge in [-0.15, -0.1) is 0 Å². The molecule has 3 N–H and O–H groups in total. The van der Waals surface area contributed by atoms with E-state index in [2.05, 4.69) is 9.97 Å². The van der Waals surface area contributed by atoms with Crippen LogP contribution in [-0.2, 0) is 0 Å². The molecule has 0 atom stereocenters. The van der Waals surface area contributed by atoms with Gasteiger partial charge in [0.2, 0.25) is 0 Å². The molecule has 0 bridgehead atoms. The Labute approximate surface area is 105 Å². The van der Waals surface area contributed by atoms with Crippen LogP contribution >= 0.6 is 0 Å². The highest BCUT2D eigenvalue weighted by Gasteiger charge is 2.03. The second-order valence-corrected chi connectivity index (χ2v) is 3.88. The highest BCUT2D eigenvalue weighted by atomic mass is 16.5. The van der Waals surface area contributed by atoms with Crippen molar-refractivity contribution in [3.63, 3.8) is 0 Å². The highest BCUT2D eigenvalue weighted by molar-refractivity contribution is 5.60. The van der Waals surface area contributed by atoms with Crippen molar-refractivity contribution in [2.45, 2.75) is 6.92 Å². The largest absolute Gasteiger partial charge is 0.492 e. The fraction of sp³-hybridized carbons (Fsp3) is 0.231. The molecule has 0 saturated heterocycles. The predicted molar refractivity (Wildman–Crippen MR) is 69.6 cm³/mol. The lowest BCUT2D eigenvalue weighted by molar-refractivity contribution is 0.328. The first-order chi connectivity index (χ1) is 8.69. The zero-order chi connectivity index (χ0) is 13.0. The Bertz CT molecular complexity index is 593. The molecule has 0 saturated carbocycles. The molecule has 0 amide bonds. The average Bonchev–Trinajstić information content (AvgIpc) is 2.35. The summed E-state index contributed by atoms with van der Waals surface area (Å²) in [6.07, 6.45) is 0. The molecule has 1 aromatic carbocycles. The van der Waals surface area contributed by atoms with Gasteiger partial charge in [0.15, 0.2) is 0 Å². The van der Waals surface area contributed by atoms with Gasteiger partial charge in [0.25, 0.3) is 5.56 Å². The summed E-state index contributed by atoms with van der Waals surface area (Å²) in [6.45, 7) is 2.68. The Morgan fingerprint density at radius 1 is 1.39 bits per heavy atom. The number of ether oxygens (including phenoxy) is 1. The molecule has 1 heterocycles. The molecule has 5 heteroatoms. The number of aryl methyl sites for hydroxylation is 1. The SMILES string of the molecule is Cc1nc(-c2cccc(OCCN)c2)cc(=O)[nH]1. The third-order valence-electron chi connectivity index (χ3n) is 2.38. The van der Waals surface area contributed by atoms with Crippen molar-refractivity contribution < 1.29 is 4.74 Å². The first-order valence-corrected chi connectivity index (χ1v) is 5.70. The normalized spacial score (nSPS) is 10.3. The number of nitrogens with two attached hydrogens (primary N) is 1. The molecule has 0 spiro atoms. The summed E-state index contributed by atoms with van der Waals surface area (Å²) in [5.41, 5.74) is 6.70. The van der Waals surface area contributed by atoms with Gasteiger partial charge in [0, 0.05) is 18.2 Å². The van der Waals surface area contributed by atoms with Crippen molar-refractivity contribution in [1.29, 1.82) is 0 Å². The van der Waals surface area contributed by atoms with E-state index in [9.17, 15) is 4.79 Å². The van der Waals surface area contributed by atoms with Crippen molar-refractivity contribution >= 4 is 0 Å². The van der Waals surface area contributed by atoms with Crippen LogP contribution in [0.15, 0.2) is 35.1 Å². The van der Waals surface area contributed by atoms with Crippen LogP contribution in [0.2, 0.25) is 0 Å². The Kier molecular flexibility index (Phi) is 3.74. The maximum atomic E-state index is 11.4. The fourth-order valence-corrected chi connectivity index (χ4v) is 1.65. The van der Waals surface area contributed by atoms with Crippen LogP contribution in [0.25, 0.3) is 11.3 Å². The standard InChI is InChI=1S/C13H15N3O2/c1-9-15-12(8-13(17)16-9)10-3-2-4-11(7-10)18-6-5-14/h2-4,7-8H,5-6,14H2,1H3,(H,15,16,17). The van der Waals surface area contributed by atoms with Crippen molar-refractivity contribution in [2.24, 2.45) is 5.73 Å². The predicted octanol–water partition coefficient (Wildman–Crippen LogP) is 1.08. The lowest BCUT2D eigenvalue weighted by Gasteiger charge is -2.06. The number of H-pyrrole nitrogens is 1. The zero-order valence-electron chi connectivity index (χ0n) is 10.1.